The Bertz CT molecular complexity index is 869. The SMILES string of the molecule is COc1cc(/C=C/C(=O)N2CCC(C)CC2)ccc1OCc1c(Cl)cccc1Cl. The van der Waals surface area contributed by atoms with Crippen LogP contribution in [-0.4, -0.2) is 31.0 Å². The summed E-state index contributed by atoms with van der Waals surface area (Å²) in [4.78, 5) is 14.3. The number of likely N-dealkylation sites (tertiary alicyclic amines) is 1. The van der Waals surface area contributed by atoms with Gasteiger partial charge in [-0.15, -0.1) is 0 Å². The van der Waals surface area contributed by atoms with E-state index in [0.29, 0.717) is 27.5 Å². The van der Waals surface area contributed by atoms with Gasteiger partial charge in [-0.2, -0.15) is 0 Å². The van der Waals surface area contributed by atoms with Crippen molar-refractivity contribution in [1.82, 2.24) is 4.90 Å². The lowest BCUT2D eigenvalue weighted by molar-refractivity contribution is -0.127. The fraction of sp³-hybridized carbons (Fsp3) is 0.348. The van der Waals surface area contributed by atoms with Gasteiger partial charge in [0.05, 0.1) is 7.11 Å². The van der Waals surface area contributed by atoms with Gasteiger partial charge in [0.1, 0.15) is 6.61 Å². The van der Waals surface area contributed by atoms with Crippen LogP contribution in [0.3, 0.4) is 0 Å². The number of methoxy groups -OCH3 is 1. The number of rotatable bonds is 6. The molecule has 0 radical (unpaired) electrons. The largest absolute Gasteiger partial charge is 0.493 e. The molecule has 0 atom stereocenters. The van der Waals surface area contributed by atoms with Crippen LogP contribution in [0.4, 0.5) is 0 Å². The zero-order chi connectivity index (χ0) is 20.8. The molecule has 0 aromatic heterocycles. The molecule has 6 heteroatoms. The summed E-state index contributed by atoms with van der Waals surface area (Å²) in [6.07, 6.45) is 5.55. The lowest BCUT2D eigenvalue weighted by Gasteiger charge is -2.29. The van der Waals surface area contributed by atoms with Crippen molar-refractivity contribution in [2.75, 3.05) is 20.2 Å². The Morgan fingerprint density at radius 2 is 1.83 bits per heavy atom. The number of piperidine rings is 1. The number of hydrogen-bond donors (Lipinski definition) is 0. The summed E-state index contributed by atoms with van der Waals surface area (Å²) in [5.74, 6) is 1.90. The van der Waals surface area contributed by atoms with Gasteiger partial charge in [0.15, 0.2) is 11.5 Å². The molecule has 1 aliphatic heterocycles. The molecule has 0 saturated carbocycles. The van der Waals surface area contributed by atoms with Gasteiger partial charge >= 0.3 is 0 Å². The highest BCUT2D eigenvalue weighted by Crippen LogP contribution is 2.31. The van der Waals surface area contributed by atoms with Crippen LogP contribution in [-0.2, 0) is 11.4 Å². The molecule has 0 spiro atoms. The molecule has 154 valence electrons. The van der Waals surface area contributed by atoms with Crippen molar-refractivity contribution in [2.45, 2.75) is 26.4 Å². The highest BCUT2D eigenvalue weighted by atomic mass is 35.5. The van der Waals surface area contributed by atoms with Gasteiger partial charge in [-0.1, -0.05) is 42.3 Å². The van der Waals surface area contributed by atoms with Crippen molar-refractivity contribution < 1.29 is 14.3 Å². The molecule has 1 amide bonds. The van der Waals surface area contributed by atoms with E-state index in [4.69, 9.17) is 32.7 Å². The Labute approximate surface area is 182 Å². The third-order valence-electron chi connectivity index (χ3n) is 5.14. The zero-order valence-corrected chi connectivity index (χ0v) is 18.2. The van der Waals surface area contributed by atoms with Crippen molar-refractivity contribution in [3.63, 3.8) is 0 Å². The molecule has 2 aromatic carbocycles. The van der Waals surface area contributed by atoms with Gasteiger partial charge in [0.2, 0.25) is 5.91 Å². The van der Waals surface area contributed by atoms with Crippen LogP contribution in [0.5, 0.6) is 11.5 Å². The van der Waals surface area contributed by atoms with Gasteiger partial charge < -0.3 is 14.4 Å². The number of carbonyl (C=O) groups excluding carboxylic acids is 1. The van der Waals surface area contributed by atoms with Gasteiger partial charge in [-0.3, -0.25) is 4.79 Å². The van der Waals surface area contributed by atoms with Crippen molar-refractivity contribution in [2.24, 2.45) is 5.92 Å². The Morgan fingerprint density at radius 3 is 2.48 bits per heavy atom. The lowest BCUT2D eigenvalue weighted by Crippen LogP contribution is -2.36. The molecule has 1 fully saturated rings. The van der Waals surface area contributed by atoms with E-state index in [0.717, 1.165) is 37.1 Å². The fourth-order valence-corrected chi connectivity index (χ4v) is 3.74. The van der Waals surface area contributed by atoms with Gasteiger partial charge in [-0.05, 0) is 54.7 Å². The van der Waals surface area contributed by atoms with Crippen LogP contribution in [0, 0.1) is 5.92 Å². The van der Waals surface area contributed by atoms with E-state index in [1.54, 1.807) is 37.5 Å². The molecule has 1 aliphatic rings. The maximum absolute atomic E-state index is 12.4. The number of amides is 1. The number of halogens is 2. The van der Waals surface area contributed by atoms with Crippen molar-refractivity contribution in [3.05, 3.63) is 63.6 Å². The first-order chi connectivity index (χ1) is 14.0. The zero-order valence-electron chi connectivity index (χ0n) is 16.7. The van der Waals surface area contributed by atoms with Crippen LogP contribution in [0.15, 0.2) is 42.5 Å². The van der Waals surface area contributed by atoms with E-state index >= 15 is 0 Å². The Kier molecular flexibility index (Phi) is 7.45. The number of hydrogen-bond acceptors (Lipinski definition) is 3. The van der Waals surface area contributed by atoms with E-state index in [9.17, 15) is 4.79 Å². The standard InChI is InChI=1S/C23H25Cl2NO3/c1-16-10-12-26(13-11-16)23(27)9-7-17-6-8-21(22(14-17)28-2)29-15-18-19(24)4-3-5-20(18)25/h3-9,14,16H,10-13,15H2,1-2H3/b9-7+. The highest BCUT2D eigenvalue weighted by Gasteiger charge is 2.18. The molecule has 4 nitrogen and oxygen atoms in total. The van der Waals surface area contributed by atoms with E-state index in [1.807, 2.05) is 23.1 Å². The summed E-state index contributed by atoms with van der Waals surface area (Å²) in [7, 11) is 1.58. The lowest BCUT2D eigenvalue weighted by atomic mass is 9.99. The third kappa shape index (κ3) is 5.68. The smallest absolute Gasteiger partial charge is 0.246 e. The summed E-state index contributed by atoms with van der Waals surface area (Å²) in [6.45, 7) is 4.11. The minimum Gasteiger partial charge on any atom is -0.493 e. The van der Waals surface area contributed by atoms with Crippen LogP contribution in [0.2, 0.25) is 10.0 Å². The topological polar surface area (TPSA) is 38.8 Å². The minimum absolute atomic E-state index is 0.0459. The molecule has 0 bridgehead atoms. The quantitative estimate of drug-likeness (QED) is 0.535. The van der Waals surface area contributed by atoms with E-state index in [1.165, 1.54) is 0 Å². The van der Waals surface area contributed by atoms with Gasteiger partial charge in [0, 0.05) is 34.8 Å². The minimum atomic E-state index is 0.0459. The summed E-state index contributed by atoms with van der Waals surface area (Å²) >= 11 is 12.4. The molecule has 0 unspecified atom stereocenters. The summed E-state index contributed by atoms with van der Waals surface area (Å²) in [5, 5.41) is 1.11. The van der Waals surface area contributed by atoms with Gasteiger partial charge in [0.25, 0.3) is 0 Å². The molecule has 0 aliphatic carbocycles. The van der Waals surface area contributed by atoms with E-state index in [2.05, 4.69) is 6.92 Å². The number of carbonyl (C=O) groups is 1. The Hall–Kier alpha value is -2.17. The first-order valence-electron chi connectivity index (χ1n) is 9.68. The predicted molar refractivity (Wildman–Crippen MR) is 118 cm³/mol. The van der Waals surface area contributed by atoms with Crippen molar-refractivity contribution in [1.29, 1.82) is 0 Å². The molecular formula is C23H25Cl2NO3. The maximum Gasteiger partial charge on any atom is 0.246 e. The summed E-state index contributed by atoms with van der Waals surface area (Å²) in [6, 6.07) is 10.9. The molecule has 3 rings (SSSR count). The first-order valence-corrected chi connectivity index (χ1v) is 10.4. The van der Waals surface area contributed by atoms with Crippen LogP contribution in [0.1, 0.15) is 30.9 Å². The molecule has 1 heterocycles. The second-order valence-corrected chi connectivity index (χ2v) is 8.05. The third-order valence-corrected chi connectivity index (χ3v) is 5.84. The summed E-state index contributed by atoms with van der Waals surface area (Å²) in [5.41, 5.74) is 1.59. The fourth-order valence-electron chi connectivity index (χ4n) is 3.23. The van der Waals surface area contributed by atoms with Gasteiger partial charge in [-0.25, -0.2) is 0 Å². The van der Waals surface area contributed by atoms with Crippen LogP contribution < -0.4 is 9.47 Å². The highest BCUT2D eigenvalue weighted by molar-refractivity contribution is 6.35. The Morgan fingerprint density at radius 1 is 1.14 bits per heavy atom. The predicted octanol–water partition coefficient (Wildman–Crippen LogP) is 5.85. The van der Waals surface area contributed by atoms with Crippen LogP contribution in [0.25, 0.3) is 6.08 Å². The molecular weight excluding hydrogens is 409 g/mol. The molecule has 1 saturated heterocycles. The molecule has 2 aromatic rings. The average Bonchev–Trinajstić information content (AvgIpc) is 2.72. The van der Waals surface area contributed by atoms with E-state index in [-0.39, 0.29) is 12.5 Å². The molecule has 0 N–H and O–H groups in total. The Balaban J connectivity index is 1.66. The summed E-state index contributed by atoms with van der Waals surface area (Å²) < 4.78 is 11.3. The maximum atomic E-state index is 12.4. The first kappa shape index (κ1) is 21.5. The average molecular weight is 434 g/mol. The monoisotopic (exact) mass is 433 g/mol. The second-order valence-electron chi connectivity index (χ2n) is 7.24. The van der Waals surface area contributed by atoms with Crippen LogP contribution >= 0.6 is 23.2 Å². The number of nitrogens with zero attached hydrogens (tertiary/aromatic N) is 1. The van der Waals surface area contributed by atoms with Crippen molar-refractivity contribution >= 4 is 35.2 Å². The number of benzene rings is 2. The molecule has 29 heavy (non-hydrogen) atoms. The van der Waals surface area contributed by atoms with Crippen molar-refractivity contribution in [3.8, 4) is 11.5 Å². The van der Waals surface area contributed by atoms with E-state index < -0.39 is 0 Å². The normalized spacial score (nSPS) is 15.0. The number of ether oxygens (including phenoxy) is 2. The second kappa shape index (κ2) is 10.0.